The Morgan fingerprint density at radius 2 is 1.90 bits per heavy atom. The highest BCUT2D eigenvalue weighted by Gasteiger charge is 2.29. The summed E-state index contributed by atoms with van der Waals surface area (Å²) in [6, 6.07) is 7.61. The molecule has 0 unspecified atom stereocenters. The van der Waals surface area contributed by atoms with E-state index >= 15 is 0 Å². The molecule has 2 fully saturated rings. The van der Waals surface area contributed by atoms with E-state index in [1.807, 2.05) is 6.07 Å². The lowest BCUT2D eigenvalue weighted by Gasteiger charge is -2.34. The minimum Gasteiger partial charge on any atom is -0.396 e. The summed E-state index contributed by atoms with van der Waals surface area (Å²) in [6.07, 6.45) is 3.25. The zero-order chi connectivity index (χ0) is 27.5. The first-order valence-electron chi connectivity index (χ1n) is 13.5. The van der Waals surface area contributed by atoms with E-state index < -0.39 is 0 Å². The Labute approximate surface area is 236 Å². The van der Waals surface area contributed by atoms with Crippen molar-refractivity contribution in [3.8, 4) is 10.6 Å². The van der Waals surface area contributed by atoms with Crippen LogP contribution in [0.5, 0.6) is 0 Å². The molecule has 5 rings (SSSR count). The van der Waals surface area contributed by atoms with Crippen LogP contribution in [0, 0.1) is 5.92 Å². The molecular weight excluding hydrogens is 540 g/mol. The minimum absolute atomic E-state index is 0.0741. The lowest BCUT2D eigenvalue weighted by atomic mass is 9.98. The summed E-state index contributed by atoms with van der Waals surface area (Å²) in [5.41, 5.74) is 1.13. The Bertz CT molecular complexity index is 1290. The third-order valence-corrected chi connectivity index (χ3v) is 8.92. The molecule has 210 valence electrons. The topological polar surface area (TPSA) is 117 Å². The Hall–Kier alpha value is -2.73. The second-order valence-corrected chi connectivity index (χ2v) is 12.4. The maximum atomic E-state index is 13.6. The molecule has 39 heavy (non-hydrogen) atoms. The van der Waals surface area contributed by atoms with Crippen LogP contribution in [0.2, 0.25) is 4.34 Å². The summed E-state index contributed by atoms with van der Waals surface area (Å²) in [5.74, 6) is 0.330. The Balaban J connectivity index is 1.34. The van der Waals surface area contributed by atoms with Crippen molar-refractivity contribution in [3.05, 3.63) is 45.7 Å². The highest BCUT2D eigenvalue weighted by molar-refractivity contribution is 7.19. The van der Waals surface area contributed by atoms with Gasteiger partial charge in [0.05, 0.1) is 15.8 Å². The van der Waals surface area contributed by atoms with Gasteiger partial charge in [0.15, 0.2) is 11.5 Å². The lowest BCUT2D eigenvalue weighted by molar-refractivity contribution is 0.0639. The van der Waals surface area contributed by atoms with Gasteiger partial charge < -0.3 is 24.7 Å². The number of thiophene rings is 1. The van der Waals surface area contributed by atoms with Crippen LogP contribution >= 0.6 is 22.9 Å². The lowest BCUT2D eigenvalue weighted by Crippen LogP contribution is -2.46. The summed E-state index contributed by atoms with van der Waals surface area (Å²) < 4.78 is 7.71. The molecule has 0 radical (unpaired) electrons. The molecule has 5 heterocycles. The normalized spacial score (nSPS) is 17.7. The van der Waals surface area contributed by atoms with Crippen molar-refractivity contribution in [2.75, 3.05) is 32.8 Å². The van der Waals surface area contributed by atoms with Gasteiger partial charge in [0.2, 0.25) is 0 Å². The number of nitrogens with one attached hydrogen (secondary N) is 1. The van der Waals surface area contributed by atoms with E-state index in [1.165, 1.54) is 11.3 Å². The number of carbonyl (C=O) groups excluding carboxylic acids is 2. The van der Waals surface area contributed by atoms with Gasteiger partial charge in [-0.25, -0.2) is 0 Å². The Kier molecular flexibility index (Phi) is 8.70. The number of hydrogen-bond acceptors (Lipinski definition) is 8. The molecule has 3 aromatic rings. The first kappa shape index (κ1) is 27.8. The fourth-order valence-corrected chi connectivity index (χ4v) is 6.21. The molecule has 2 amide bonds. The fourth-order valence-electron chi connectivity index (χ4n) is 5.22. The standard InChI is InChI=1S/C27H35ClN6O4S/c1-17(2)32-11-7-19(8-12-32)29-26(36)21-14-22(27(37)33-9-5-18(16-35)6-10-33)34(30-21)15-20-13-23(38-31-20)24-3-4-25(28)39-24/h3-4,13-14,17-19,35H,5-12,15-16H2,1-2H3,(H,29,36). The number of aromatic nitrogens is 3. The average molecular weight is 575 g/mol. The van der Waals surface area contributed by atoms with E-state index in [-0.39, 0.29) is 42.6 Å². The number of nitrogens with zero attached hydrogens (tertiary/aromatic N) is 5. The maximum absolute atomic E-state index is 13.6. The monoisotopic (exact) mass is 574 g/mol. The van der Waals surface area contributed by atoms with E-state index in [9.17, 15) is 14.7 Å². The van der Waals surface area contributed by atoms with E-state index in [4.69, 9.17) is 16.1 Å². The highest BCUT2D eigenvalue weighted by atomic mass is 35.5. The fraction of sp³-hybridized carbons (Fsp3) is 0.556. The molecule has 2 aliphatic heterocycles. The van der Waals surface area contributed by atoms with Crippen molar-refractivity contribution in [2.45, 2.75) is 58.2 Å². The number of carbonyl (C=O) groups is 2. The van der Waals surface area contributed by atoms with Crippen LogP contribution in [0.25, 0.3) is 10.6 Å². The SMILES string of the molecule is CC(C)N1CCC(NC(=O)c2cc(C(=O)N3CCC(CO)CC3)n(Cc3cc(-c4ccc(Cl)s4)on3)n2)CC1. The van der Waals surface area contributed by atoms with Crippen molar-refractivity contribution < 1.29 is 19.2 Å². The van der Waals surface area contributed by atoms with Crippen LogP contribution in [-0.4, -0.2) is 86.5 Å². The second kappa shape index (κ2) is 12.2. The summed E-state index contributed by atoms with van der Waals surface area (Å²) in [4.78, 5) is 31.8. The Morgan fingerprint density at radius 3 is 2.54 bits per heavy atom. The van der Waals surface area contributed by atoms with Crippen LogP contribution in [0.15, 0.2) is 28.8 Å². The number of hydrogen-bond donors (Lipinski definition) is 2. The summed E-state index contributed by atoms with van der Waals surface area (Å²) >= 11 is 7.45. The molecule has 10 nitrogen and oxygen atoms in total. The molecule has 2 aliphatic rings. The minimum atomic E-state index is -0.279. The van der Waals surface area contributed by atoms with Crippen LogP contribution in [0.1, 0.15) is 66.2 Å². The van der Waals surface area contributed by atoms with Crippen LogP contribution in [-0.2, 0) is 6.54 Å². The van der Waals surface area contributed by atoms with Gasteiger partial charge in [-0.1, -0.05) is 16.8 Å². The number of aliphatic hydroxyl groups is 1. The zero-order valence-electron chi connectivity index (χ0n) is 22.3. The van der Waals surface area contributed by atoms with Crippen LogP contribution < -0.4 is 5.32 Å². The number of halogens is 1. The summed E-state index contributed by atoms with van der Waals surface area (Å²) in [5, 5.41) is 21.3. The molecule has 0 atom stereocenters. The third-order valence-electron chi connectivity index (χ3n) is 7.67. The number of amides is 2. The van der Waals surface area contributed by atoms with Crippen LogP contribution in [0.4, 0.5) is 0 Å². The van der Waals surface area contributed by atoms with Gasteiger partial charge in [-0.05, 0) is 57.6 Å². The van der Waals surface area contributed by atoms with E-state index in [1.54, 1.807) is 27.8 Å². The van der Waals surface area contributed by atoms with Gasteiger partial charge in [0.25, 0.3) is 11.8 Å². The van der Waals surface area contributed by atoms with E-state index in [0.717, 1.165) is 43.6 Å². The molecule has 0 spiro atoms. The molecule has 3 aromatic heterocycles. The van der Waals surface area contributed by atoms with Gasteiger partial charge >= 0.3 is 0 Å². The highest BCUT2D eigenvalue weighted by Crippen LogP contribution is 2.31. The summed E-state index contributed by atoms with van der Waals surface area (Å²) in [7, 11) is 0. The van der Waals surface area contributed by atoms with Gasteiger partial charge in [0, 0.05) is 57.0 Å². The maximum Gasteiger partial charge on any atom is 0.272 e. The van der Waals surface area contributed by atoms with Crippen molar-refractivity contribution in [2.24, 2.45) is 5.92 Å². The number of likely N-dealkylation sites (tertiary alicyclic amines) is 2. The quantitative estimate of drug-likeness (QED) is 0.421. The van der Waals surface area contributed by atoms with Crippen LogP contribution in [0.3, 0.4) is 0 Å². The predicted octanol–water partition coefficient (Wildman–Crippen LogP) is 3.75. The molecule has 2 saturated heterocycles. The van der Waals surface area contributed by atoms with Gasteiger partial charge in [-0.15, -0.1) is 11.3 Å². The smallest absolute Gasteiger partial charge is 0.272 e. The average Bonchev–Trinajstić information content (AvgIpc) is 3.69. The third kappa shape index (κ3) is 6.54. The summed E-state index contributed by atoms with van der Waals surface area (Å²) in [6.45, 7) is 7.66. The second-order valence-electron chi connectivity index (χ2n) is 10.7. The predicted molar refractivity (Wildman–Crippen MR) is 149 cm³/mol. The van der Waals surface area contributed by atoms with Crippen molar-refractivity contribution in [3.63, 3.8) is 0 Å². The first-order valence-corrected chi connectivity index (χ1v) is 14.7. The van der Waals surface area contributed by atoms with E-state index in [0.29, 0.717) is 40.6 Å². The number of piperidine rings is 2. The largest absolute Gasteiger partial charge is 0.396 e. The molecule has 2 N–H and O–H groups in total. The van der Waals surface area contributed by atoms with Gasteiger partial charge in [-0.3, -0.25) is 14.3 Å². The van der Waals surface area contributed by atoms with Gasteiger partial charge in [-0.2, -0.15) is 5.10 Å². The van der Waals surface area contributed by atoms with Gasteiger partial charge in [0.1, 0.15) is 11.4 Å². The molecule has 0 aromatic carbocycles. The molecule has 0 saturated carbocycles. The Morgan fingerprint density at radius 1 is 1.15 bits per heavy atom. The molecule has 12 heteroatoms. The number of aliphatic hydroxyl groups excluding tert-OH is 1. The van der Waals surface area contributed by atoms with Crippen molar-refractivity contribution in [1.29, 1.82) is 0 Å². The first-order chi connectivity index (χ1) is 18.8. The molecular formula is C27H35ClN6O4S. The van der Waals surface area contributed by atoms with E-state index in [2.05, 4.69) is 34.3 Å². The zero-order valence-corrected chi connectivity index (χ0v) is 23.9. The van der Waals surface area contributed by atoms with Crippen molar-refractivity contribution >= 4 is 34.8 Å². The molecule has 0 bridgehead atoms. The number of rotatable bonds is 8. The van der Waals surface area contributed by atoms with Crippen molar-refractivity contribution in [1.82, 2.24) is 30.1 Å². The molecule has 0 aliphatic carbocycles.